The summed E-state index contributed by atoms with van der Waals surface area (Å²) in [5, 5.41) is 10.6. The van der Waals surface area contributed by atoms with Crippen LogP contribution in [0.4, 0.5) is 0 Å². The van der Waals surface area contributed by atoms with Gasteiger partial charge in [-0.3, -0.25) is 0 Å². The first kappa shape index (κ1) is 14.5. The third-order valence-electron chi connectivity index (χ3n) is 3.03. The van der Waals surface area contributed by atoms with Crippen molar-refractivity contribution in [2.75, 3.05) is 26.2 Å². The zero-order valence-corrected chi connectivity index (χ0v) is 11.1. The van der Waals surface area contributed by atoms with E-state index in [0.717, 1.165) is 26.1 Å². The molecule has 0 aliphatic carbocycles. The lowest BCUT2D eigenvalue weighted by Crippen LogP contribution is -3.11. The average molecular weight is 251 g/mol. The van der Waals surface area contributed by atoms with Crippen molar-refractivity contribution in [3.05, 3.63) is 29.8 Å². The fourth-order valence-electron chi connectivity index (χ4n) is 1.80. The maximum absolute atomic E-state index is 10.6. The van der Waals surface area contributed by atoms with Crippen LogP contribution in [0.25, 0.3) is 0 Å². The second-order valence-corrected chi connectivity index (χ2v) is 4.22. The Morgan fingerprint density at radius 3 is 2.33 bits per heavy atom. The fourth-order valence-corrected chi connectivity index (χ4v) is 1.80. The molecule has 0 fully saturated rings. The molecule has 0 spiro atoms. The van der Waals surface area contributed by atoms with Gasteiger partial charge in [0.05, 0.1) is 32.2 Å². The molecule has 4 nitrogen and oxygen atoms in total. The molecule has 0 atom stereocenters. The first-order valence-corrected chi connectivity index (χ1v) is 6.45. The summed E-state index contributed by atoms with van der Waals surface area (Å²) in [6.07, 6.45) is 0.999. The van der Waals surface area contributed by atoms with E-state index >= 15 is 0 Å². The fraction of sp³-hybridized carbons (Fsp3) is 0.500. The van der Waals surface area contributed by atoms with Crippen molar-refractivity contribution in [1.82, 2.24) is 0 Å². The lowest BCUT2D eigenvalue weighted by molar-refractivity contribution is -0.896. The molecule has 0 aliphatic heterocycles. The van der Waals surface area contributed by atoms with E-state index in [1.54, 1.807) is 17.0 Å². The van der Waals surface area contributed by atoms with Gasteiger partial charge in [-0.25, -0.2) is 0 Å². The van der Waals surface area contributed by atoms with Crippen LogP contribution in [0.5, 0.6) is 5.75 Å². The molecular formula is C14H21NO3. The smallest absolute Gasteiger partial charge is 0.119 e. The van der Waals surface area contributed by atoms with Crippen LogP contribution in [-0.2, 0) is 0 Å². The van der Waals surface area contributed by atoms with E-state index in [-0.39, 0.29) is 5.56 Å². The van der Waals surface area contributed by atoms with Gasteiger partial charge in [0, 0.05) is 6.42 Å². The molecule has 18 heavy (non-hydrogen) atoms. The highest BCUT2D eigenvalue weighted by Gasteiger charge is 2.02. The van der Waals surface area contributed by atoms with Crippen LogP contribution in [0.2, 0.25) is 0 Å². The van der Waals surface area contributed by atoms with Crippen LogP contribution < -0.4 is 14.7 Å². The number of carboxylic acids is 1. The number of carboxylic acid groups (broad SMARTS) is 1. The van der Waals surface area contributed by atoms with Crippen molar-refractivity contribution in [3.8, 4) is 5.75 Å². The number of ether oxygens (including phenoxy) is 1. The van der Waals surface area contributed by atoms with E-state index in [0.29, 0.717) is 12.4 Å². The summed E-state index contributed by atoms with van der Waals surface area (Å²) in [6.45, 7) is 8.39. The zero-order valence-electron chi connectivity index (χ0n) is 11.1. The van der Waals surface area contributed by atoms with E-state index in [9.17, 15) is 9.90 Å². The third-order valence-corrected chi connectivity index (χ3v) is 3.03. The molecule has 1 N–H and O–H groups in total. The van der Waals surface area contributed by atoms with Crippen molar-refractivity contribution < 1.29 is 19.5 Å². The molecule has 100 valence electrons. The first-order chi connectivity index (χ1) is 8.67. The van der Waals surface area contributed by atoms with Gasteiger partial charge in [-0.05, 0) is 43.7 Å². The van der Waals surface area contributed by atoms with Crippen molar-refractivity contribution in [2.24, 2.45) is 0 Å². The molecule has 1 rings (SSSR count). The van der Waals surface area contributed by atoms with Gasteiger partial charge < -0.3 is 19.5 Å². The van der Waals surface area contributed by atoms with Gasteiger partial charge in [0.1, 0.15) is 5.75 Å². The lowest BCUT2D eigenvalue weighted by atomic mass is 10.2. The Kier molecular flexibility index (Phi) is 6.22. The van der Waals surface area contributed by atoms with Gasteiger partial charge in [0.2, 0.25) is 0 Å². The average Bonchev–Trinajstić information content (AvgIpc) is 2.39. The van der Waals surface area contributed by atoms with Crippen LogP contribution in [0.15, 0.2) is 24.3 Å². The monoisotopic (exact) mass is 251 g/mol. The number of benzene rings is 1. The number of carbonyl (C=O) groups excluding carboxylic acids is 1. The van der Waals surface area contributed by atoms with Crippen LogP contribution in [-0.4, -0.2) is 32.2 Å². The summed E-state index contributed by atoms with van der Waals surface area (Å²) in [4.78, 5) is 12.1. The highest BCUT2D eigenvalue weighted by Crippen LogP contribution is 2.11. The van der Waals surface area contributed by atoms with Crippen LogP contribution in [0.1, 0.15) is 30.6 Å². The van der Waals surface area contributed by atoms with E-state index in [1.165, 1.54) is 12.1 Å². The predicted octanol–water partition coefficient (Wildman–Crippen LogP) is -0.256. The minimum atomic E-state index is -1.16. The third kappa shape index (κ3) is 4.75. The number of carbonyl (C=O) groups is 1. The van der Waals surface area contributed by atoms with Gasteiger partial charge in [-0.1, -0.05) is 0 Å². The quantitative estimate of drug-likeness (QED) is 0.648. The van der Waals surface area contributed by atoms with Crippen molar-refractivity contribution >= 4 is 5.97 Å². The van der Waals surface area contributed by atoms with Crippen molar-refractivity contribution in [3.63, 3.8) is 0 Å². The summed E-state index contributed by atoms with van der Waals surface area (Å²) in [5.41, 5.74) is 0.176. The summed E-state index contributed by atoms with van der Waals surface area (Å²) in [7, 11) is 0. The molecule has 1 aromatic carbocycles. The van der Waals surface area contributed by atoms with Gasteiger partial charge in [-0.15, -0.1) is 0 Å². The first-order valence-electron chi connectivity index (χ1n) is 6.45. The normalized spacial score (nSPS) is 10.6. The minimum absolute atomic E-state index is 0.176. The molecule has 0 saturated carbocycles. The van der Waals surface area contributed by atoms with E-state index in [4.69, 9.17) is 4.74 Å². The highest BCUT2D eigenvalue weighted by atomic mass is 16.5. The van der Waals surface area contributed by atoms with E-state index in [1.807, 2.05) is 0 Å². The van der Waals surface area contributed by atoms with Gasteiger partial charge in [0.15, 0.2) is 0 Å². The molecule has 0 heterocycles. The topological polar surface area (TPSA) is 53.8 Å². The summed E-state index contributed by atoms with van der Waals surface area (Å²) in [5.74, 6) is -0.457. The number of rotatable bonds is 8. The Bertz CT molecular complexity index is 358. The van der Waals surface area contributed by atoms with Crippen LogP contribution >= 0.6 is 0 Å². The van der Waals surface area contributed by atoms with Crippen LogP contribution in [0.3, 0.4) is 0 Å². The Morgan fingerprint density at radius 1 is 1.22 bits per heavy atom. The lowest BCUT2D eigenvalue weighted by Gasteiger charge is -2.15. The van der Waals surface area contributed by atoms with Crippen molar-refractivity contribution in [2.45, 2.75) is 20.3 Å². The van der Waals surface area contributed by atoms with Crippen LogP contribution in [0, 0.1) is 0 Å². The molecule has 0 bridgehead atoms. The molecule has 0 amide bonds. The van der Waals surface area contributed by atoms with E-state index < -0.39 is 5.97 Å². The Morgan fingerprint density at radius 2 is 1.83 bits per heavy atom. The zero-order chi connectivity index (χ0) is 13.4. The largest absolute Gasteiger partial charge is 0.545 e. The maximum Gasteiger partial charge on any atom is 0.119 e. The number of nitrogens with one attached hydrogen (secondary N) is 1. The second kappa shape index (κ2) is 7.71. The van der Waals surface area contributed by atoms with E-state index in [2.05, 4.69) is 13.8 Å². The molecule has 0 saturated heterocycles. The predicted molar refractivity (Wildman–Crippen MR) is 67.8 cm³/mol. The molecular weight excluding hydrogens is 230 g/mol. The number of quaternary nitrogens is 1. The number of hydrogen-bond donors (Lipinski definition) is 1. The van der Waals surface area contributed by atoms with Crippen molar-refractivity contribution in [1.29, 1.82) is 0 Å². The molecule has 0 radical (unpaired) electrons. The SMILES string of the molecule is CC[NH+](CC)CCCOc1ccc(C(=O)[O-])cc1. The molecule has 4 heteroatoms. The standard InChI is InChI=1S/C14H21NO3/c1-3-15(4-2)10-5-11-18-13-8-6-12(7-9-13)14(16)17/h6-9H,3-5,10-11H2,1-2H3,(H,16,17). The molecule has 0 unspecified atom stereocenters. The second-order valence-electron chi connectivity index (χ2n) is 4.22. The number of aromatic carboxylic acids is 1. The summed E-state index contributed by atoms with van der Waals surface area (Å²) >= 11 is 0. The molecule has 0 aromatic heterocycles. The van der Waals surface area contributed by atoms with Gasteiger partial charge in [-0.2, -0.15) is 0 Å². The highest BCUT2D eigenvalue weighted by molar-refractivity contribution is 5.85. The van der Waals surface area contributed by atoms with Gasteiger partial charge >= 0.3 is 0 Å². The van der Waals surface area contributed by atoms with Gasteiger partial charge in [0.25, 0.3) is 0 Å². The summed E-state index contributed by atoms with van der Waals surface area (Å²) < 4.78 is 5.55. The Hall–Kier alpha value is -1.55. The Balaban J connectivity index is 2.29. The summed E-state index contributed by atoms with van der Waals surface area (Å²) in [6, 6.07) is 6.32. The molecule has 1 aromatic rings. The maximum atomic E-state index is 10.6. The molecule has 0 aliphatic rings. The minimum Gasteiger partial charge on any atom is -0.545 e. The number of hydrogen-bond acceptors (Lipinski definition) is 3. The Labute approximate surface area is 108 Å².